The summed E-state index contributed by atoms with van der Waals surface area (Å²) in [4.78, 5) is 16.6. The molecule has 4 nitrogen and oxygen atoms in total. The first-order valence-electron chi connectivity index (χ1n) is 8.48. The molecule has 1 aromatic rings. The topological polar surface area (TPSA) is 35.6 Å². The third-order valence-corrected chi connectivity index (χ3v) is 5.08. The number of amides is 2. The van der Waals surface area contributed by atoms with Gasteiger partial charge in [-0.2, -0.15) is 0 Å². The summed E-state index contributed by atoms with van der Waals surface area (Å²) < 4.78 is 0. The number of hydrogen-bond acceptors (Lipinski definition) is 2. The Balaban J connectivity index is 1.42. The highest BCUT2D eigenvalue weighted by molar-refractivity contribution is 5.74. The van der Waals surface area contributed by atoms with Crippen molar-refractivity contribution in [3.63, 3.8) is 0 Å². The van der Waals surface area contributed by atoms with Crippen LogP contribution in [0.25, 0.3) is 0 Å². The van der Waals surface area contributed by atoms with Gasteiger partial charge in [-0.1, -0.05) is 30.3 Å². The van der Waals surface area contributed by atoms with Crippen molar-refractivity contribution in [3.8, 4) is 0 Å². The van der Waals surface area contributed by atoms with Gasteiger partial charge in [0.1, 0.15) is 0 Å². The Labute approximate surface area is 133 Å². The molecule has 0 aromatic heterocycles. The number of piperidine rings is 1. The molecule has 4 heteroatoms. The lowest BCUT2D eigenvalue weighted by Gasteiger charge is -2.32. The lowest BCUT2D eigenvalue weighted by molar-refractivity contribution is 0.179. The zero-order valence-electron chi connectivity index (χ0n) is 13.5. The Morgan fingerprint density at radius 2 is 1.86 bits per heavy atom. The number of nitrogens with one attached hydrogen (secondary N) is 1. The quantitative estimate of drug-likeness (QED) is 0.931. The fraction of sp³-hybridized carbons (Fsp3) is 0.611. The van der Waals surface area contributed by atoms with Crippen LogP contribution in [0, 0.1) is 5.92 Å². The Morgan fingerprint density at radius 3 is 2.50 bits per heavy atom. The van der Waals surface area contributed by atoms with Crippen LogP contribution in [0.4, 0.5) is 4.79 Å². The van der Waals surface area contributed by atoms with E-state index in [9.17, 15) is 4.79 Å². The summed E-state index contributed by atoms with van der Waals surface area (Å²) in [5.74, 6) is 1.23. The van der Waals surface area contributed by atoms with Gasteiger partial charge >= 0.3 is 6.03 Å². The first kappa shape index (κ1) is 15.3. The molecule has 22 heavy (non-hydrogen) atoms. The Kier molecular flexibility index (Phi) is 4.98. The molecule has 0 radical (unpaired) electrons. The average Bonchev–Trinajstić information content (AvgIpc) is 2.99. The molecule has 3 rings (SSSR count). The number of benzene rings is 1. The maximum absolute atomic E-state index is 12.3. The number of carbonyl (C=O) groups is 1. The van der Waals surface area contributed by atoms with Gasteiger partial charge in [0.15, 0.2) is 0 Å². The van der Waals surface area contributed by atoms with E-state index in [0.717, 1.165) is 45.6 Å². The van der Waals surface area contributed by atoms with Crippen LogP contribution >= 0.6 is 0 Å². The molecular weight excluding hydrogens is 274 g/mol. The van der Waals surface area contributed by atoms with E-state index in [2.05, 4.69) is 47.6 Å². The van der Waals surface area contributed by atoms with Crippen molar-refractivity contribution in [1.82, 2.24) is 15.1 Å². The first-order chi connectivity index (χ1) is 10.7. The molecule has 2 aliphatic rings. The maximum Gasteiger partial charge on any atom is 0.317 e. The number of likely N-dealkylation sites (tertiary alicyclic amines) is 2. The lowest BCUT2D eigenvalue weighted by Crippen LogP contribution is -2.45. The molecule has 1 aromatic carbocycles. The Bertz CT molecular complexity index is 482. The van der Waals surface area contributed by atoms with Gasteiger partial charge in [0.2, 0.25) is 0 Å². The van der Waals surface area contributed by atoms with Crippen molar-refractivity contribution in [2.24, 2.45) is 5.92 Å². The summed E-state index contributed by atoms with van der Waals surface area (Å²) >= 11 is 0. The van der Waals surface area contributed by atoms with Crippen molar-refractivity contribution in [1.29, 1.82) is 0 Å². The monoisotopic (exact) mass is 301 g/mol. The van der Waals surface area contributed by atoms with Crippen molar-refractivity contribution < 1.29 is 4.79 Å². The average molecular weight is 301 g/mol. The highest BCUT2D eigenvalue weighted by atomic mass is 16.2. The summed E-state index contributed by atoms with van der Waals surface area (Å²) in [6.07, 6.45) is 3.35. The molecule has 2 fully saturated rings. The van der Waals surface area contributed by atoms with Crippen LogP contribution < -0.4 is 5.32 Å². The van der Waals surface area contributed by atoms with Gasteiger partial charge in [0.05, 0.1) is 0 Å². The zero-order valence-corrected chi connectivity index (χ0v) is 13.5. The van der Waals surface area contributed by atoms with Crippen molar-refractivity contribution in [2.45, 2.75) is 25.2 Å². The van der Waals surface area contributed by atoms with Gasteiger partial charge in [-0.05, 0) is 50.3 Å². The minimum Gasteiger partial charge on any atom is -0.338 e. The second-order valence-corrected chi connectivity index (χ2v) is 6.78. The third kappa shape index (κ3) is 3.80. The third-order valence-electron chi connectivity index (χ3n) is 5.08. The predicted molar refractivity (Wildman–Crippen MR) is 89.0 cm³/mol. The maximum atomic E-state index is 12.3. The standard InChI is InChI=1S/C18H27N3O/c1-20-10-7-15(14-20)13-19-18(22)21-11-8-17(9-12-21)16-5-3-2-4-6-16/h2-6,15,17H,7-14H2,1H3,(H,19,22)/t15-/m0/s1. The van der Waals surface area contributed by atoms with E-state index in [0.29, 0.717) is 11.8 Å². The van der Waals surface area contributed by atoms with Crippen molar-refractivity contribution in [3.05, 3.63) is 35.9 Å². The highest BCUT2D eigenvalue weighted by Gasteiger charge is 2.25. The molecule has 1 N–H and O–H groups in total. The molecule has 1 atom stereocenters. The molecule has 0 saturated carbocycles. The fourth-order valence-electron chi connectivity index (χ4n) is 3.68. The van der Waals surface area contributed by atoms with E-state index in [1.165, 1.54) is 12.0 Å². The van der Waals surface area contributed by atoms with E-state index in [4.69, 9.17) is 0 Å². The largest absolute Gasteiger partial charge is 0.338 e. The highest BCUT2D eigenvalue weighted by Crippen LogP contribution is 2.27. The van der Waals surface area contributed by atoms with Crippen LogP contribution in [0.5, 0.6) is 0 Å². The van der Waals surface area contributed by atoms with Gasteiger partial charge in [0, 0.05) is 26.2 Å². The molecule has 2 heterocycles. The molecule has 2 amide bonds. The smallest absolute Gasteiger partial charge is 0.317 e. The summed E-state index contributed by atoms with van der Waals surface area (Å²) in [6, 6.07) is 10.8. The SMILES string of the molecule is CN1CC[C@@H](CNC(=O)N2CCC(c3ccccc3)CC2)C1. The summed E-state index contributed by atoms with van der Waals surface area (Å²) in [5.41, 5.74) is 1.41. The Hall–Kier alpha value is -1.55. The van der Waals surface area contributed by atoms with E-state index < -0.39 is 0 Å². The van der Waals surface area contributed by atoms with Crippen LogP contribution in [0.1, 0.15) is 30.7 Å². The number of hydrogen-bond donors (Lipinski definition) is 1. The van der Waals surface area contributed by atoms with Crippen molar-refractivity contribution >= 4 is 6.03 Å². The summed E-state index contributed by atoms with van der Waals surface area (Å²) in [5, 5.41) is 3.13. The van der Waals surface area contributed by atoms with Crippen LogP contribution in [0.15, 0.2) is 30.3 Å². The van der Waals surface area contributed by atoms with Gasteiger partial charge < -0.3 is 15.1 Å². The lowest BCUT2D eigenvalue weighted by atomic mass is 9.90. The van der Waals surface area contributed by atoms with Gasteiger partial charge in [0.25, 0.3) is 0 Å². The van der Waals surface area contributed by atoms with Crippen LogP contribution in [0.2, 0.25) is 0 Å². The predicted octanol–water partition coefficient (Wildman–Crippen LogP) is 2.53. The second kappa shape index (κ2) is 7.14. The van der Waals surface area contributed by atoms with E-state index >= 15 is 0 Å². The van der Waals surface area contributed by atoms with Gasteiger partial charge in [-0.3, -0.25) is 0 Å². The molecule has 0 spiro atoms. The second-order valence-electron chi connectivity index (χ2n) is 6.78. The van der Waals surface area contributed by atoms with Crippen LogP contribution in [-0.2, 0) is 0 Å². The first-order valence-corrected chi connectivity index (χ1v) is 8.48. The summed E-state index contributed by atoms with van der Waals surface area (Å²) in [6.45, 7) is 4.83. The van der Waals surface area contributed by atoms with Gasteiger partial charge in [-0.15, -0.1) is 0 Å². The molecular formula is C18H27N3O. The van der Waals surface area contributed by atoms with E-state index in [1.807, 2.05) is 4.90 Å². The Morgan fingerprint density at radius 1 is 1.14 bits per heavy atom. The molecule has 120 valence electrons. The number of nitrogens with zero attached hydrogens (tertiary/aromatic N) is 2. The number of rotatable bonds is 3. The molecule has 0 bridgehead atoms. The van der Waals surface area contributed by atoms with Crippen LogP contribution in [-0.4, -0.2) is 55.6 Å². The molecule has 2 aliphatic heterocycles. The fourth-order valence-corrected chi connectivity index (χ4v) is 3.68. The summed E-state index contributed by atoms with van der Waals surface area (Å²) in [7, 11) is 2.15. The minimum atomic E-state index is 0.126. The molecule has 0 unspecified atom stereocenters. The van der Waals surface area contributed by atoms with Crippen molar-refractivity contribution in [2.75, 3.05) is 39.8 Å². The van der Waals surface area contributed by atoms with Gasteiger partial charge in [-0.25, -0.2) is 4.79 Å². The zero-order chi connectivity index (χ0) is 15.4. The number of urea groups is 1. The molecule has 2 saturated heterocycles. The number of carbonyl (C=O) groups excluding carboxylic acids is 1. The minimum absolute atomic E-state index is 0.126. The normalized spacial score (nSPS) is 23.7. The van der Waals surface area contributed by atoms with E-state index in [1.54, 1.807) is 0 Å². The van der Waals surface area contributed by atoms with E-state index in [-0.39, 0.29) is 6.03 Å². The van der Waals surface area contributed by atoms with Crippen LogP contribution in [0.3, 0.4) is 0 Å². The molecule has 0 aliphatic carbocycles.